The number of aromatic nitrogens is 1. The van der Waals surface area contributed by atoms with Crippen molar-refractivity contribution in [2.45, 2.75) is 6.18 Å². The van der Waals surface area contributed by atoms with Crippen LogP contribution in [-0.2, 0) is 6.18 Å². The molecule has 0 radical (unpaired) electrons. The monoisotopic (exact) mass is 364 g/mol. The maximum absolute atomic E-state index is 13.1. The number of nitrogens with zero attached hydrogens (tertiary/aromatic N) is 1. The van der Waals surface area contributed by atoms with Gasteiger partial charge >= 0.3 is 6.18 Å². The van der Waals surface area contributed by atoms with Gasteiger partial charge in [-0.05, 0) is 42.5 Å². The minimum atomic E-state index is -4.61. The minimum absolute atomic E-state index is 0.350. The van der Waals surface area contributed by atoms with Gasteiger partial charge in [-0.15, -0.1) is 0 Å². The Hall–Kier alpha value is -2.73. The van der Waals surface area contributed by atoms with E-state index in [9.17, 15) is 18.0 Å². The van der Waals surface area contributed by atoms with Crippen molar-refractivity contribution in [2.75, 3.05) is 5.32 Å². The van der Waals surface area contributed by atoms with Crippen LogP contribution in [0.5, 0.6) is 0 Å². The molecule has 0 bridgehead atoms. The Morgan fingerprint density at radius 3 is 2.36 bits per heavy atom. The Morgan fingerprint density at radius 1 is 1.00 bits per heavy atom. The predicted molar refractivity (Wildman–Crippen MR) is 90.2 cm³/mol. The molecular weight excluding hydrogens is 353 g/mol. The van der Waals surface area contributed by atoms with Crippen molar-refractivity contribution in [3.8, 4) is 5.69 Å². The van der Waals surface area contributed by atoms with Gasteiger partial charge < -0.3 is 9.88 Å². The number of amides is 1. The average Bonchev–Trinajstić information content (AvgIpc) is 3.10. The summed E-state index contributed by atoms with van der Waals surface area (Å²) in [6.07, 6.45) is -1.13. The van der Waals surface area contributed by atoms with E-state index >= 15 is 0 Å². The number of alkyl halides is 3. The van der Waals surface area contributed by atoms with Crippen molar-refractivity contribution in [2.24, 2.45) is 0 Å². The number of rotatable bonds is 3. The van der Waals surface area contributed by atoms with Gasteiger partial charge in [0, 0.05) is 17.4 Å². The second kappa shape index (κ2) is 6.64. The summed E-state index contributed by atoms with van der Waals surface area (Å²) in [6, 6.07) is 12.9. The summed E-state index contributed by atoms with van der Waals surface area (Å²) in [7, 11) is 0. The quantitative estimate of drug-likeness (QED) is 0.663. The third kappa shape index (κ3) is 3.69. The van der Waals surface area contributed by atoms with Gasteiger partial charge in [0.15, 0.2) is 0 Å². The topological polar surface area (TPSA) is 34.0 Å². The summed E-state index contributed by atoms with van der Waals surface area (Å²) in [4.78, 5) is 12.4. The Labute approximate surface area is 146 Å². The van der Waals surface area contributed by atoms with E-state index in [1.165, 1.54) is 12.1 Å². The molecule has 3 aromatic rings. The van der Waals surface area contributed by atoms with E-state index in [-0.39, 0.29) is 0 Å². The first kappa shape index (κ1) is 17.1. The van der Waals surface area contributed by atoms with Crippen LogP contribution in [0, 0.1) is 0 Å². The van der Waals surface area contributed by atoms with E-state index < -0.39 is 23.2 Å². The number of halogens is 4. The van der Waals surface area contributed by atoms with Crippen molar-refractivity contribution in [1.29, 1.82) is 0 Å². The van der Waals surface area contributed by atoms with Crippen LogP contribution in [-0.4, -0.2) is 10.5 Å². The predicted octanol–water partition coefficient (Wildman–Crippen LogP) is 5.40. The standard InChI is InChI=1S/C18H12ClF3N2O/c19-12-7-8-15(16(11-12)24-9-3-4-10-24)23-17(25)13-5-1-2-6-14(13)18(20,21)22/h1-11H,(H,23,25). The van der Waals surface area contributed by atoms with Crippen LogP contribution in [0.3, 0.4) is 0 Å². The zero-order valence-corrected chi connectivity index (χ0v) is 13.5. The SMILES string of the molecule is O=C(Nc1ccc(Cl)cc1-n1cccc1)c1ccccc1C(F)(F)F. The van der Waals surface area contributed by atoms with Gasteiger partial charge in [-0.25, -0.2) is 0 Å². The van der Waals surface area contributed by atoms with Crippen molar-refractivity contribution >= 4 is 23.2 Å². The molecule has 1 amide bonds. The van der Waals surface area contributed by atoms with Gasteiger partial charge in [0.2, 0.25) is 0 Å². The lowest BCUT2D eigenvalue weighted by atomic mass is 10.1. The largest absolute Gasteiger partial charge is 0.417 e. The van der Waals surface area contributed by atoms with Crippen LogP contribution >= 0.6 is 11.6 Å². The Bertz CT molecular complexity index is 905. The van der Waals surface area contributed by atoms with Gasteiger partial charge in [-0.3, -0.25) is 4.79 Å². The van der Waals surface area contributed by atoms with E-state index in [0.717, 1.165) is 12.1 Å². The normalized spacial score (nSPS) is 11.4. The fourth-order valence-electron chi connectivity index (χ4n) is 2.44. The van der Waals surface area contributed by atoms with Crippen molar-refractivity contribution in [3.63, 3.8) is 0 Å². The molecule has 0 aliphatic heterocycles. The first-order valence-corrected chi connectivity index (χ1v) is 7.64. The molecular formula is C18H12ClF3N2O. The Morgan fingerprint density at radius 2 is 1.68 bits per heavy atom. The molecule has 25 heavy (non-hydrogen) atoms. The molecule has 7 heteroatoms. The molecule has 1 heterocycles. The molecule has 1 aromatic heterocycles. The van der Waals surface area contributed by atoms with Gasteiger partial charge in [-0.2, -0.15) is 13.2 Å². The van der Waals surface area contributed by atoms with E-state index in [1.54, 1.807) is 47.3 Å². The van der Waals surface area contributed by atoms with Crippen LogP contribution in [0.1, 0.15) is 15.9 Å². The van der Waals surface area contributed by atoms with E-state index in [1.807, 2.05) is 0 Å². The number of hydrogen-bond donors (Lipinski definition) is 1. The fourth-order valence-corrected chi connectivity index (χ4v) is 2.60. The summed E-state index contributed by atoms with van der Waals surface area (Å²) >= 11 is 6.00. The van der Waals surface area contributed by atoms with Crippen LogP contribution in [0.15, 0.2) is 67.0 Å². The van der Waals surface area contributed by atoms with E-state index in [4.69, 9.17) is 11.6 Å². The number of carbonyl (C=O) groups is 1. The number of anilines is 1. The second-order valence-electron chi connectivity index (χ2n) is 5.25. The molecule has 0 aliphatic carbocycles. The lowest BCUT2D eigenvalue weighted by molar-refractivity contribution is -0.137. The Kier molecular flexibility index (Phi) is 4.55. The molecule has 3 rings (SSSR count). The van der Waals surface area contributed by atoms with Crippen LogP contribution in [0.2, 0.25) is 5.02 Å². The highest BCUT2D eigenvalue weighted by Crippen LogP contribution is 2.32. The molecule has 0 saturated heterocycles. The summed E-state index contributed by atoms with van der Waals surface area (Å²) in [5, 5.41) is 2.98. The van der Waals surface area contributed by atoms with Crippen molar-refractivity contribution in [3.05, 3.63) is 83.1 Å². The van der Waals surface area contributed by atoms with Crippen LogP contribution in [0.4, 0.5) is 18.9 Å². The van der Waals surface area contributed by atoms with Crippen molar-refractivity contribution < 1.29 is 18.0 Å². The molecule has 0 atom stereocenters. The van der Waals surface area contributed by atoms with Gasteiger partial charge in [-0.1, -0.05) is 23.7 Å². The summed E-state index contributed by atoms with van der Waals surface area (Å²) < 4.78 is 41.0. The number of carbonyl (C=O) groups excluding carboxylic acids is 1. The highest BCUT2D eigenvalue weighted by molar-refractivity contribution is 6.31. The van der Waals surface area contributed by atoms with Crippen molar-refractivity contribution in [1.82, 2.24) is 4.57 Å². The zero-order valence-electron chi connectivity index (χ0n) is 12.7. The Balaban J connectivity index is 1.98. The molecule has 0 saturated carbocycles. The minimum Gasteiger partial charge on any atom is -0.322 e. The fraction of sp³-hybridized carbons (Fsp3) is 0.0556. The first-order chi connectivity index (χ1) is 11.9. The van der Waals surface area contributed by atoms with Crippen LogP contribution < -0.4 is 5.32 Å². The summed E-state index contributed by atoms with van der Waals surface area (Å²) in [6.45, 7) is 0. The molecule has 0 aliphatic rings. The number of benzene rings is 2. The molecule has 0 spiro atoms. The lowest BCUT2D eigenvalue weighted by Crippen LogP contribution is -2.19. The second-order valence-corrected chi connectivity index (χ2v) is 5.69. The smallest absolute Gasteiger partial charge is 0.322 e. The molecule has 2 aromatic carbocycles. The van der Waals surface area contributed by atoms with E-state index in [0.29, 0.717) is 16.4 Å². The summed E-state index contributed by atoms with van der Waals surface area (Å²) in [5.74, 6) is -0.844. The maximum Gasteiger partial charge on any atom is 0.417 e. The highest BCUT2D eigenvalue weighted by atomic mass is 35.5. The lowest BCUT2D eigenvalue weighted by Gasteiger charge is -2.15. The van der Waals surface area contributed by atoms with Gasteiger partial charge in [0.05, 0.1) is 22.5 Å². The third-order valence-electron chi connectivity index (χ3n) is 3.57. The average molecular weight is 365 g/mol. The molecule has 128 valence electrons. The van der Waals surface area contributed by atoms with Gasteiger partial charge in [0.1, 0.15) is 0 Å². The molecule has 1 N–H and O–H groups in total. The van der Waals surface area contributed by atoms with Crippen LogP contribution in [0.25, 0.3) is 5.69 Å². The van der Waals surface area contributed by atoms with E-state index in [2.05, 4.69) is 5.32 Å². The molecule has 3 nitrogen and oxygen atoms in total. The maximum atomic E-state index is 13.1. The summed E-state index contributed by atoms with van der Waals surface area (Å²) in [5.41, 5.74) is -0.523. The zero-order chi connectivity index (χ0) is 18.0. The molecule has 0 unspecified atom stereocenters. The number of nitrogens with one attached hydrogen (secondary N) is 1. The number of hydrogen-bond acceptors (Lipinski definition) is 1. The first-order valence-electron chi connectivity index (χ1n) is 7.27. The molecule has 0 fully saturated rings. The highest BCUT2D eigenvalue weighted by Gasteiger charge is 2.34. The third-order valence-corrected chi connectivity index (χ3v) is 3.80. The van der Waals surface area contributed by atoms with Gasteiger partial charge in [0.25, 0.3) is 5.91 Å².